The summed E-state index contributed by atoms with van der Waals surface area (Å²) < 4.78 is 18.2. The van der Waals surface area contributed by atoms with Crippen molar-refractivity contribution >= 4 is 11.6 Å². The molecule has 0 saturated heterocycles. The molecule has 102 valence electrons. The van der Waals surface area contributed by atoms with Crippen molar-refractivity contribution < 1.29 is 8.91 Å². The molecule has 0 bridgehead atoms. The minimum absolute atomic E-state index is 0.0274. The minimum atomic E-state index is -0.393. The Kier molecular flexibility index (Phi) is 4.50. The predicted octanol–water partition coefficient (Wildman–Crippen LogP) is 3.59. The molecule has 0 radical (unpaired) electrons. The van der Waals surface area contributed by atoms with Crippen LogP contribution < -0.4 is 5.32 Å². The normalized spacial score (nSPS) is 12.6. The monoisotopic (exact) mass is 283 g/mol. The van der Waals surface area contributed by atoms with Gasteiger partial charge in [-0.3, -0.25) is 0 Å². The van der Waals surface area contributed by atoms with Crippen LogP contribution >= 0.6 is 11.6 Å². The zero-order chi connectivity index (χ0) is 13.8. The van der Waals surface area contributed by atoms with Gasteiger partial charge in [-0.25, -0.2) is 4.39 Å². The summed E-state index contributed by atoms with van der Waals surface area (Å²) in [6.07, 6.45) is 1.02. The van der Waals surface area contributed by atoms with E-state index in [0.717, 1.165) is 13.0 Å². The highest BCUT2D eigenvalue weighted by atomic mass is 35.5. The van der Waals surface area contributed by atoms with Crippen LogP contribution in [0.1, 0.15) is 32.2 Å². The van der Waals surface area contributed by atoms with Crippen LogP contribution in [0.5, 0.6) is 0 Å². The SMILES string of the molecule is CCCNC(C)c1nc(-c2ccc(F)cc2Cl)no1. The molecule has 0 aliphatic rings. The zero-order valence-corrected chi connectivity index (χ0v) is 11.5. The molecular weight excluding hydrogens is 269 g/mol. The lowest BCUT2D eigenvalue weighted by Gasteiger charge is -2.06. The fourth-order valence-electron chi connectivity index (χ4n) is 1.64. The van der Waals surface area contributed by atoms with Gasteiger partial charge in [-0.05, 0) is 38.1 Å². The van der Waals surface area contributed by atoms with Gasteiger partial charge in [0.2, 0.25) is 11.7 Å². The van der Waals surface area contributed by atoms with Crippen molar-refractivity contribution in [1.82, 2.24) is 15.5 Å². The van der Waals surface area contributed by atoms with Gasteiger partial charge in [-0.2, -0.15) is 4.98 Å². The molecule has 0 saturated carbocycles. The van der Waals surface area contributed by atoms with Gasteiger partial charge in [0.25, 0.3) is 0 Å². The summed E-state index contributed by atoms with van der Waals surface area (Å²) in [5, 5.41) is 7.39. The van der Waals surface area contributed by atoms with Gasteiger partial charge >= 0.3 is 0 Å². The van der Waals surface area contributed by atoms with Crippen LogP contribution in [0.4, 0.5) is 4.39 Å². The van der Waals surface area contributed by atoms with Crippen LogP contribution in [-0.4, -0.2) is 16.7 Å². The minimum Gasteiger partial charge on any atom is -0.337 e. The molecule has 2 rings (SSSR count). The standard InChI is InChI=1S/C13H15ClFN3O/c1-3-6-16-8(2)13-17-12(18-19-13)10-5-4-9(15)7-11(10)14/h4-5,7-8,16H,3,6H2,1-2H3. The van der Waals surface area contributed by atoms with Crippen LogP contribution in [0.3, 0.4) is 0 Å². The number of rotatable bonds is 5. The summed E-state index contributed by atoms with van der Waals surface area (Å²) in [4.78, 5) is 4.28. The molecule has 0 amide bonds. The quantitative estimate of drug-likeness (QED) is 0.911. The van der Waals surface area contributed by atoms with Crippen molar-refractivity contribution in [3.05, 3.63) is 34.9 Å². The number of hydrogen-bond donors (Lipinski definition) is 1. The molecule has 19 heavy (non-hydrogen) atoms. The Morgan fingerprint density at radius 3 is 2.95 bits per heavy atom. The highest BCUT2D eigenvalue weighted by Crippen LogP contribution is 2.27. The van der Waals surface area contributed by atoms with E-state index in [2.05, 4.69) is 22.4 Å². The highest BCUT2D eigenvalue weighted by Gasteiger charge is 2.16. The molecule has 1 aromatic carbocycles. The van der Waals surface area contributed by atoms with Gasteiger partial charge in [0.15, 0.2) is 0 Å². The number of nitrogens with zero attached hydrogens (tertiary/aromatic N) is 2. The van der Waals surface area contributed by atoms with E-state index in [-0.39, 0.29) is 11.1 Å². The number of benzene rings is 1. The van der Waals surface area contributed by atoms with Crippen LogP contribution in [0.25, 0.3) is 11.4 Å². The first-order valence-corrected chi connectivity index (χ1v) is 6.52. The van der Waals surface area contributed by atoms with Crippen LogP contribution in [-0.2, 0) is 0 Å². The number of halogens is 2. The Morgan fingerprint density at radius 1 is 1.47 bits per heavy atom. The summed E-state index contributed by atoms with van der Waals surface area (Å²) in [5.74, 6) is 0.462. The fraction of sp³-hybridized carbons (Fsp3) is 0.385. The first kappa shape index (κ1) is 14.0. The van der Waals surface area contributed by atoms with Crippen molar-refractivity contribution in [2.24, 2.45) is 0 Å². The van der Waals surface area contributed by atoms with E-state index in [1.807, 2.05) is 6.92 Å². The molecule has 4 nitrogen and oxygen atoms in total. The van der Waals surface area contributed by atoms with E-state index >= 15 is 0 Å². The van der Waals surface area contributed by atoms with E-state index in [0.29, 0.717) is 17.3 Å². The molecule has 6 heteroatoms. The molecule has 1 N–H and O–H groups in total. The number of aromatic nitrogens is 2. The molecule has 0 aliphatic carbocycles. The zero-order valence-electron chi connectivity index (χ0n) is 10.8. The molecule has 1 atom stereocenters. The fourth-order valence-corrected chi connectivity index (χ4v) is 1.89. The summed E-state index contributed by atoms with van der Waals surface area (Å²) >= 11 is 5.96. The van der Waals surface area contributed by atoms with E-state index in [1.165, 1.54) is 18.2 Å². The Bertz CT molecular complexity index is 559. The van der Waals surface area contributed by atoms with Gasteiger partial charge in [0.1, 0.15) is 5.82 Å². The molecule has 2 aromatic rings. The summed E-state index contributed by atoms with van der Waals surface area (Å²) in [6.45, 7) is 4.90. The van der Waals surface area contributed by atoms with E-state index in [1.54, 1.807) is 0 Å². The molecule has 1 aromatic heterocycles. The van der Waals surface area contributed by atoms with Gasteiger partial charge in [-0.15, -0.1) is 0 Å². The smallest absolute Gasteiger partial charge is 0.243 e. The van der Waals surface area contributed by atoms with Crippen molar-refractivity contribution in [2.45, 2.75) is 26.3 Å². The van der Waals surface area contributed by atoms with Crippen molar-refractivity contribution in [1.29, 1.82) is 0 Å². The first-order valence-electron chi connectivity index (χ1n) is 6.14. The van der Waals surface area contributed by atoms with E-state index < -0.39 is 5.82 Å². The van der Waals surface area contributed by atoms with Gasteiger partial charge in [0.05, 0.1) is 11.1 Å². The van der Waals surface area contributed by atoms with E-state index in [4.69, 9.17) is 16.1 Å². The van der Waals surface area contributed by atoms with Crippen molar-refractivity contribution in [3.8, 4) is 11.4 Å². The van der Waals surface area contributed by atoms with Gasteiger partial charge in [0, 0.05) is 5.56 Å². The lowest BCUT2D eigenvalue weighted by molar-refractivity contribution is 0.340. The molecular formula is C13H15ClFN3O. The second kappa shape index (κ2) is 6.12. The molecule has 0 fully saturated rings. The maximum atomic E-state index is 13.0. The summed E-state index contributed by atoms with van der Waals surface area (Å²) in [6, 6.07) is 4.05. The first-order chi connectivity index (χ1) is 9.11. The molecule has 1 heterocycles. The average molecular weight is 284 g/mol. The predicted molar refractivity (Wildman–Crippen MR) is 71.4 cm³/mol. The van der Waals surface area contributed by atoms with Crippen LogP contribution in [0.15, 0.2) is 22.7 Å². The third-order valence-electron chi connectivity index (χ3n) is 2.68. The third kappa shape index (κ3) is 3.30. The second-order valence-electron chi connectivity index (χ2n) is 4.26. The van der Waals surface area contributed by atoms with Crippen LogP contribution in [0, 0.1) is 5.82 Å². The van der Waals surface area contributed by atoms with Crippen molar-refractivity contribution in [2.75, 3.05) is 6.54 Å². The molecule has 0 aliphatic heterocycles. The lowest BCUT2D eigenvalue weighted by Crippen LogP contribution is -2.19. The topological polar surface area (TPSA) is 51.0 Å². The van der Waals surface area contributed by atoms with E-state index in [9.17, 15) is 4.39 Å². The Balaban J connectivity index is 2.20. The van der Waals surface area contributed by atoms with Gasteiger partial charge < -0.3 is 9.84 Å². The van der Waals surface area contributed by atoms with Crippen molar-refractivity contribution in [3.63, 3.8) is 0 Å². The highest BCUT2D eigenvalue weighted by molar-refractivity contribution is 6.33. The Hall–Kier alpha value is -1.46. The Labute approximate surface area is 116 Å². The lowest BCUT2D eigenvalue weighted by atomic mass is 10.2. The van der Waals surface area contributed by atoms with Crippen LogP contribution in [0.2, 0.25) is 5.02 Å². The summed E-state index contributed by atoms with van der Waals surface area (Å²) in [7, 11) is 0. The largest absolute Gasteiger partial charge is 0.337 e. The number of hydrogen-bond acceptors (Lipinski definition) is 4. The maximum Gasteiger partial charge on any atom is 0.243 e. The summed E-state index contributed by atoms with van der Waals surface area (Å²) in [5.41, 5.74) is 0.556. The molecule has 1 unspecified atom stereocenters. The second-order valence-corrected chi connectivity index (χ2v) is 4.66. The average Bonchev–Trinajstić information content (AvgIpc) is 2.85. The molecule has 0 spiro atoms. The number of nitrogens with one attached hydrogen (secondary N) is 1. The maximum absolute atomic E-state index is 13.0. The van der Waals surface area contributed by atoms with Gasteiger partial charge in [-0.1, -0.05) is 23.7 Å². The Morgan fingerprint density at radius 2 is 2.26 bits per heavy atom. The third-order valence-corrected chi connectivity index (χ3v) is 3.00.